The Labute approximate surface area is 156 Å². The minimum Gasteiger partial charge on any atom is -0.360 e. The van der Waals surface area contributed by atoms with E-state index in [1.165, 1.54) is 17.3 Å². The maximum absolute atomic E-state index is 12.6. The summed E-state index contributed by atoms with van der Waals surface area (Å²) in [7, 11) is 0. The fourth-order valence-electron chi connectivity index (χ4n) is 2.49. The smallest absolute Gasteiger partial charge is 0.239 e. The SMILES string of the molecule is CC[C@@H](Sc1nnc(C)n1-c1ccc(C)cc1)C(=O)Nc1cc(C)on1. The molecule has 1 atom stereocenters. The maximum atomic E-state index is 12.6. The van der Waals surface area contributed by atoms with E-state index in [1.807, 2.05) is 49.6 Å². The summed E-state index contributed by atoms with van der Waals surface area (Å²) in [6, 6.07) is 9.82. The number of hydrogen-bond acceptors (Lipinski definition) is 6. The third-order valence-corrected chi connectivity index (χ3v) is 5.18. The number of nitrogens with one attached hydrogen (secondary N) is 1. The lowest BCUT2D eigenvalue weighted by atomic mass is 10.2. The molecular formula is C18H21N5O2S. The van der Waals surface area contributed by atoms with Crippen molar-refractivity contribution in [3.05, 3.63) is 47.5 Å². The molecule has 7 nitrogen and oxygen atoms in total. The molecule has 0 aliphatic rings. The largest absolute Gasteiger partial charge is 0.360 e. The van der Waals surface area contributed by atoms with Gasteiger partial charge in [0.1, 0.15) is 11.6 Å². The van der Waals surface area contributed by atoms with Crippen LogP contribution in [0.2, 0.25) is 0 Å². The van der Waals surface area contributed by atoms with Gasteiger partial charge in [0, 0.05) is 11.8 Å². The zero-order valence-corrected chi connectivity index (χ0v) is 16.0. The van der Waals surface area contributed by atoms with E-state index in [4.69, 9.17) is 4.52 Å². The molecule has 0 radical (unpaired) electrons. The van der Waals surface area contributed by atoms with Gasteiger partial charge in [-0.25, -0.2) is 0 Å². The topological polar surface area (TPSA) is 85.8 Å². The molecule has 3 rings (SSSR count). The molecule has 0 saturated carbocycles. The Morgan fingerprint density at radius 3 is 2.58 bits per heavy atom. The van der Waals surface area contributed by atoms with E-state index < -0.39 is 0 Å². The standard InChI is InChI=1S/C18H21N5O2S/c1-5-15(17(24)19-16-10-12(3)25-22-16)26-18-21-20-13(4)23(18)14-8-6-11(2)7-9-14/h6-10,15H,5H2,1-4H3,(H,19,22,24)/t15-/m1/s1. The van der Waals surface area contributed by atoms with Crippen molar-refractivity contribution in [2.24, 2.45) is 0 Å². The number of benzene rings is 1. The first kappa shape index (κ1) is 18.2. The van der Waals surface area contributed by atoms with Gasteiger partial charge in [-0.3, -0.25) is 9.36 Å². The Morgan fingerprint density at radius 2 is 1.96 bits per heavy atom. The second-order valence-corrected chi connectivity index (χ2v) is 7.20. The van der Waals surface area contributed by atoms with Gasteiger partial charge in [0.05, 0.1) is 5.25 Å². The maximum Gasteiger partial charge on any atom is 0.239 e. The Morgan fingerprint density at radius 1 is 1.23 bits per heavy atom. The van der Waals surface area contributed by atoms with Crippen molar-refractivity contribution >= 4 is 23.5 Å². The molecule has 136 valence electrons. The highest BCUT2D eigenvalue weighted by Gasteiger charge is 2.23. The van der Waals surface area contributed by atoms with Crippen molar-refractivity contribution in [3.63, 3.8) is 0 Å². The van der Waals surface area contributed by atoms with Crippen LogP contribution < -0.4 is 5.32 Å². The average Bonchev–Trinajstić information content (AvgIpc) is 3.19. The molecule has 3 aromatic rings. The third kappa shape index (κ3) is 3.96. The Kier molecular flexibility index (Phi) is 5.41. The van der Waals surface area contributed by atoms with Gasteiger partial charge >= 0.3 is 0 Å². The minimum atomic E-state index is -0.320. The minimum absolute atomic E-state index is 0.137. The molecule has 0 saturated heterocycles. The van der Waals surface area contributed by atoms with E-state index in [0.29, 0.717) is 23.2 Å². The Bertz CT molecular complexity index is 901. The van der Waals surface area contributed by atoms with Crippen molar-refractivity contribution in [2.45, 2.75) is 44.5 Å². The highest BCUT2D eigenvalue weighted by Crippen LogP contribution is 2.28. The van der Waals surface area contributed by atoms with Crippen LogP contribution in [0.5, 0.6) is 0 Å². The van der Waals surface area contributed by atoms with E-state index in [1.54, 1.807) is 13.0 Å². The molecule has 1 aromatic carbocycles. The van der Waals surface area contributed by atoms with Gasteiger partial charge in [-0.2, -0.15) is 0 Å². The fourth-order valence-corrected chi connectivity index (χ4v) is 3.51. The third-order valence-electron chi connectivity index (χ3n) is 3.88. The average molecular weight is 371 g/mol. The zero-order valence-electron chi connectivity index (χ0n) is 15.2. The van der Waals surface area contributed by atoms with E-state index >= 15 is 0 Å². The van der Waals surface area contributed by atoms with Crippen molar-refractivity contribution < 1.29 is 9.32 Å². The Balaban J connectivity index is 1.80. The van der Waals surface area contributed by atoms with Crippen molar-refractivity contribution in [2.75, 3.05) is 5.32 Å². The summed E-state index contributed by atoms with van der Waals surface area (Å²) < 4.78 is 6.95. The first-order chi connectivity index (χ1) is 12.5. The monoisotopic (exact) mass is 371 g/mol. The van der Waals surface area contributed by atoms with Crippen LogP contribution in [-0.4, -0.2) is 31.1 Å². The molecule has 1 amide bonds. The molecule has 0 bridgehead atoms. The number of carbonyl (C=O) groups is 1. The second kappa shape index (κ2) is 7.74. The van der Waals surface area contributed by atoms with Crippen LogP contribution in [0.1, 0.15) is 30.5 Å². The lowest BCUT2D eigenvalue weighted by Gasteiger charge is -2.14. The molecule has 1 N–H and O–H groups in total. The number of hydrogen-bond donors (Lipinski definition) is 1. The molecule has 0 aliphatic carbocycles. The molecule has 8 heteroatoms. The highest BCUT2D eigenvalue weighted by atomic mass is 32.2. The van der Waals surface area contributed by atoms with Crippen LogP contribution in [0.15, 0.2) is 40.0 Å². The number of carbonyl (C=O) groups excluding carboxylic acids is 1. The number of nitrogens with zero attached hydrogens (tertiary/aromatic N) is 4. The molecule has 2 aromatic heterocycles. The number of amides is 1. The van der Waals surface area contributed by atoms with Gasteiger partial charge in [-0.15, -0.1) is 10.2 Å². The Hall–Kier alpha value is -2.61. The predicted molar refractivity (Wildman–Crippen MR) is 101 cm³/mol. The molecule has 0 aliphatic heterocycles. The van der Waals surface area contributed by atoms with Crippen LogP contribution in [0.4, 0.5) is 5.82 Å². The van der Waals surface area contributed by atoms with Crippen LogP contribution in [0.3, 0.4) is 0 Å². The molecule has 0 unspecified atom stereocenters. The van der Waals surface area contributed by atoms with Gasteiger partial charge in [0.25, 0.3) is 0 Å². The number of anilines is 1. The lowest BCUT2D eigenvalue weighted by Crippen LogP contribution is -2.25. The number of aryl methyl sites for hydroxylation is 3. The summed E-state index contributed by atoms with van der Waals surface area (Å²) in [6.07, 6.45) is 0.646. The molecular weight excluding hydrogens is 350 g/mol. The summed E-state index contributed by atoms with van der Waals surface area (Å²) in [4.78, 5) is 12.6. The van der Waals surface area contributed by atoms with Gasteiger partial charge in [-0.05, 0) is 39.3 Å². The quantitative estimate of drug-likeness (QED) is 0.665. The van der Waals surface area contributed by atoms with Crippen molar-refractivity contribution in [1.82, 2.24) is 19.9 Å². The molecule has 2 heterocycles. The number of thioether (sulfide) groups is 1. The van der Waals surface area contributed by atoms with Crippen LogP contribution >= 0.6 is 11.8 Å². The van der Waals surface area contributed by atoms with Crippen LogP contribution in [-0.2, 0) is 4.79 Å². The summed E-state index contributed by atoms with van der Waals surface area (Å²) in [5, 5.41) is 15.4. The van der Waals surface area contributed by atoms with Gasteiger partial charge in [0.15, 0.2) is 11.0 Å². The number of aromatic nitrogens is 4. The summed E-state index contributed by atoms with van der Waals surface area (Å²) in [5.41, 5.74) is 2.16. The van der Waals surface area contributed by atoms with Gasteiger partial charge in [0.2, 0.25) is 5.91 Å². The fraction of sp³-hybridized carbons (Fsp3) is 0.333. The van der Waals surface area contributed by atoms with E-state index in [2.05, 4.69) is 20.7 Å². The zero-order chi connectivity index (χ0) is 18.7. The molecule has 0 spiro atoms. The van der Waals surface area contributed by atoms with Gasteiger partial charge in [-0.1, -0.05) is 41.5 Å². The summed E-state index contributed by atoms with van der Waals surface area (Å²) in [5.74, 6) is 1.71. The van der Waals surface area contributed by atoms with Crippen LogP contribution in [0.25, 0.3) is 5.69 Å². The lowest BCUT2D eigenvalue weighted by molar-refractivity contribution is -0.115. The number of rotatable bonds is 6. The predicted octanol–water partition coefficient (Wildman–Crippen LogP) is 3.69. The van der Waals surface area contributed by atoms with Crippen molar-refractivity contribution in [1.29, 1.82) is 0 Å². The van der Waals surface area contributed by atoms with E-state index in [-0.39, 0.29) is 11.2 Å². The molecule has 26 heavy (non-hydrogen) atoms. The van der Waals surface area contributed by atoms with Gasteiger partial charge < -0.3 is 9.84 Å². The molecule has 0 fully saturated rings. The van der Waals surface area contributed by atoms with Crippen LogP contribution in [0, 0.1) is 20.8 Å². The normalized spacial score (nSPS) is 12.2. The van der Waals surface area contributed by atoms with E-state index in [9.17, 15) is 4.79 Å². The first-order valence-electron chi connectivity index (χ1n) is 8.38. The summed E-state index contributed by atoms with van der Waals surface area (Å²) >= 11 is 1.39. The second-order valence-electron chi connectivity index (χ2n) is 6.03. The first-order valence-corrected chi connectivity index (χ1v) is 9.25. The summed E-state index contributed by atoms with van der Waals surface area (Å²) in [6.45, 7) is 7.68. The van der Waals surface area contributed by atoms with E-state index in [0.717, 1.165) is 11.5 Å². The van der Waals surface area contributed by atoms with Crippen molar-refractivity contribution in [3.8, 4) is 5.69 Å². The highest BCUT2D eigenvalue weighted by molar-refractivity contribution is 8.00.